The molecule has 0 bridgehead atoms. The predicted molar refractivity (Wildman–Crippen MR) is 92.5 cm³/mol. The number of halogens is 3. The molecule has 0 radical (unpaired) electrons. The molecule has 2 rings (SSSR count). The quantitative estimate of drug-likeness (QED) is 0.345. The first kappa shape index (κ1) is 20.7. The zero-order chi connectivity index (χ0) is 21.1. The molecule has 0 spiro atoms. The number of nitrogens with one attached hydrogen (secondary N) is 1. The van der Waals surface area contributed by atoms with Crippen molar-refractivity contribution in [2.75, 3.05) is 11.1 Å². The number of nitro benzene ring substituents is 1. The van der Waals surface area contributed by atoms with E-state index in [1.54, 1.807) is 0 Å². The molecule has 0 aliphatic rings. The fourth-order valence-electron chi connectivity index (χ4n) is 2.13. The second kappa shape index (κ2) is 7.94. The normalized spacial score (nSPS) is 12.1. The van der Waals surface area contributed by atoms with E-state index in [-0.39, 0.29) is 16.9 Å². The van der Waals surface area contributed by atoms with Crippen LogP contribution in [0.15, 0.2) is 42.5 Å². The van der Waals surface area contributed by atoms with E-state index >= 15 is 0 Å². The Morgan fingerprint density at radius 3 is 2.50 bits per heavy atom. The zero-order valence-electron chi connectivity index (χ0n) is 14.3. The van der Waals surface area contributed by atoms with Gasteiger partial charge in [-0.3, -0.25) is 14.9 Å². The first-order valence-corrected chi connectivity index (χ1v) is 7.72. The molecule has 11 heteroatoms. The van der Waals surface area contributed by atoms with Gasteiger partial charge in [-0.25, -0.2) is 4.79 Å². The molecule has 0 unspecified atom stereocenters. The lowest BCUT2D eigenvalue weighted by Gasteiger charge is -2.14. The van der Waals surface area contributed by atoms with Gasteiger partial charge in [-0.2, -0.15) is 13.2 Å². The molecular weight excluding hydrogens is 383 g/mol. The third-order valence-corrected chi connectivity index (χ3v) is 3.57. The van der Waals surface area contributed by atoms with Crippen molar-refractivity contribution >= 4 is 28.9 Å². The van der Waals surface area contributed by atoms with Crippen LogP contribution < -0.4 is 11.1 Å². The van der Waals surface area contributed by atoms with E-state index in [4.69, 9.17) is 10.5 Å². The Morgan fingerprint density at radius 2 is 1.89 bits per heavy atom. The fraction of sp³-hybridized carbons (Fsp3) is 0.176. The number of rotatable bonds is 5. The van der Waals surface area contributed by atoms with Gasteiger partial charge in [-0.1, -0.05) is 6.07 Å². The standard InChI is InChI=1S/C17H14F3N3O5/c1-9(15(24)22-12-4-2-3-11(8-12)17(18,19)20)28-16(25)10-5-6-13(21)14(7-10)23(26)27/h2-9H,21H2,1H3,(H,22,24)/t9-/m0/s1. The minimum absolute atomic E-state index is 0.133. The number of carbonyl (C=O) groups excluding carboxylic acids is 2. The van der Waals surface area contributed by atoms with E-state index in [9.17, 15) is 32.9 Å². The van der Waals surface area contributed by atoms with Crippen molar-refractivity contribution in [1.82, 2.24) is 0 Å². The van der Waals surface area contributed by atoms with Crippen LogP contribution in [0.3, 0.4) is 0 Å². The summed E-state index contributed by atoms with van der Waals surface area (Å²) < 4.78 is 43.0. The highest BCUT2D eigenvalue weighted by atomic mass is 19.4. The molecule has 2 aromatic carbocycles. The minimum atomic E-state index is -4.58. The second-order valence-corrected chi connectivity index (χ2v) is 5.65. The molecule has 3 N–H and O–H groups in total. The topological polar surface area (TPSA) is 125 Å². The summed E-state index contributed by atoms with van der Waals surface area (Å²) in [7, 11) is 0. The molecule has 0 aliphatic carbocycles. The summed E-state index contributed by atoms with van der Waals surface area (Å²) in [4.78, 5) is 34.2. The van der Waals surface area contributed by atoms with Gasteiger partial charge >= 0.3 is 12.1 Å². The SMILES string of the molecule is C[C@H](OC(=O)c1ccc(N)c([N+](=O)[O-])c1)C(=O)Nc1cccc(C(F)(F)F)c1. The van der Waals surface area contributed by atoms with E-state index in [1.807, 2.05) is 0 Å². The maximum atomic E-state index is 12.7. The number of hydrogen-bond donors (Lipinski definition) is 2. The predicted octanol–water partition coefficient (Wildman–Crippen LogP) is 3.38. The van der Waals surface area contributed by atoms with Crippen LogP contribution in [-0.4, -0.2) is 22.9 Å². The van der Waals surface area contributed by atoms with E-state index in [2.05, 4.69) is 5.32 Å². The summed E-state index contributed by atoms with van der Waals surface area (Å²) in [5, 5.41) is 13.1. The van der Waals surface area contributed by atoms with Gasteiger partial charge in [0.05, 0.1) is 16.1 Å². The maximum Gasteiger partial charge on any atom is 0.416 e. The highest BCUT2D eigenvalue weighted by molar-refractivity contribution is 5.97. The first-order chi connectivity index (χ1) is 13.0. The second-order valence-electron chi connectivity index (χ2n) is 5.65. The Labute approximate surface area is 156 Å². The average molecular weight is 397 g/mol. The number of esters is 1. The van der Waals surface area contributed by atoms with Crippen molar-refractivity contribution in [3.8, 4) is 0 Å². The molecule has 0 fully saturated rings. The number of benzene rings is 2. The Bertz CT molecular complexity index is 930. The third-order valence-electron chi connectivity index (χ3n) is 3.57. The van der Waals surface area contributed by atoms with Crippen LogP contribution in [0.25, 0.3) is 0 Å². The van der Waals surface area contributed by atoms with Crippen LogP contribution >= 0.6 is 0 Å². The highest BCUT2D eigenvalue weighted by Crippen LogP contribution is 2.30. The van der Waals surface area contributed by atoms with Gasteiger partial charge in [0.25, 0.3) is 11.6 Å². The lowest BCUT2D eigenvalue weighted by molar-refractivity contribution is -0.383. The number of amides is 1. The van der Waals surface area contributed by atoms with E-state index in [0.29, 0.717) is 0 Å². The Kier molecular flexibility index (Phi) is 5.87. The first-order valence-electron chi connectivity index (χ1n) is 7.72. The van der Waals surface area contributed by atoms with Crippen LogP contribution in [0.4, 0.5) is 30.2 Å². The van der Waals surface area contributed by atoms with Crippen LogP contribution in [0.2, 0.25) is 0 Å². The number of carbonyl (C=O) groups is 2. The smallest absolute Gasteiger partial charge is 0.416 e. The Morgan fingerprint density at radius 1 is 1.21 bits per heavy atom. The van der Waals surface area contributed by atoms with Crippen LogP contribution in [0, 0.1) is 10.1 Å². The van der Waals surface area contributed by atoms with Crippen molar-refractivity contribution in [2.45, 2.75) is 19.2 Å². The summed E-state index contributed by atoms with van der Waals surface area (Å²) in [6, 6.07) is 7.15. The molecule has 1 atom stereocenters. The molecular formula is C17H14F3N3O5. The number of nitrogens with two attached hydrogens (primary N) is 1. The van der Waals surface area contributed by atoms with Crippen LogP contribution in [0.1, 0.15) is 22.8 Å². The summed E-state index contributed by atoms with van der Waals surface area (Å²) in [6.07, 6.45) is -5.96. The highest BCUT2D eigenvalue weighted by Gasteiger charge is 2.30. The van der Waals surface area contributed by atoms with Crippen LogP contribution in [-0.2, 0) is 15.7 Å². The maximum absolute atomic E-state index is 12.7. The molecule has 1 amide bonds. The number of hydrogen-bond acceptors (Lipinski definition) is 6. The van der Waals surface area contributed by atoms with Crippen molar-refractivity contribution in [1.29, 1.82) is 0 Å². The molecule has 0 saturated carbocycles. The molecule has 8 nitrogen and oxygen atoms in total. The number of alkyl halides is 3. The monoisotopic (exact) mass is 397 g/mol. The number of ether oxygens (including phenoxy) is 1. The zero-order valence-corrected chi connectivity index (χ0v) is 14.3. The molecule has 0 aliphatic heterocycles. The third kappa shape index (κ3) is 4.96. The average Bonchev–Trinajstić information content (AvgIpc) is 2.61. The summed E-state index contributed by atoms with van der Waals surface area (Å²) >= 11 is 0. The molecule has 148 valence electrons. The van der Waals surface area contributed by atoms with Crippen molar-refractivity contribution in [3.63, 3.8) is 0 Å². The van der Waals surface area contributed by atoms with Gasteiger partial charge in [-0.15, -0.1) is 0 Å². The van der Waals surface area contributed by atoms with Gasteiger partial charge in [0.15, 0.2) is 6.10 Å². The van der Waals surface area contributed by atoms with Crippen molar-refractivity contribution < 1.29 is 32.4 Å². The minimum Gasteiger partial charge on any atom is -0.449 e. The van der Waals surface area contributed by atoms with Gasteiger partial charge in [-0.05, 0) is 37.3 Å². The molecule has 0 aromatic heterocycles. The molecule has 28 heavy (non-hydrogen) atoms. The number of nitrogens with zero attached hydrogens (tertiary/aromatic N) is 1. The van der Waals surface area contributed by atoms with Gasteiger partial charge in [0, 0.05) is 11.8 Å². The lowest BCUT2D eigenvalue weighted by Crippen LogP contribution is -2.30. The van der Waals surface area contributed by atoms with E-state index in [0.717, 1.165) is 30.3 Å². The molecule has 2 aromatic rings. The number of nitrogen functional groups attached to an aromatic ring is 1. The van der Waals surface area contributed by atoms with Crippen molar-refractivity contribution in [2.24, 2.45) is 0 Å². The Hall–Kier alpha value is -3.63. The Balaban J connectivity index is 2.07. The van der Waals surface area contributed by atoms with Gasteiger partial charge < -0.3 is 15.8 Å². The largest absolute Gasteiger partial charge is 0.449 e. The van der Waals surface area contributed by atoms with E-state index in [1.165, 1.54) is 19.1 Å². The van der Waals surface area contributed by atoms with E-state index < -0.39 is 40.3 Å². The molecule has 0 saturated heterocycles. The number of anilines is 2. The summed E-state index contributed by atoms with van der Waals surface area (Å²) in [6.45, 7) is 1.20. The number of nitro groups is 1. The van der Waals surface area contributed by atoms with Gasteiger partial charge in [0.2, 0.25) is 0 Å². The fourth-order valence-corrected chi connectivity index (χ4v) is 2.13. The van der Waals surface area contributed by atoms with Crippen LogP contribution in [0.5, 0.6) is 0 Å². The lowest BCUT2D eigenvalue weighted by atomic mass is 10.1. The molecule has 0 heterocycles. The van der Waals surface area contributed by atoms with Crippen molar-refractivity contribution in [3.05, 3.63) is 63.7 Å². The van der Waals surface area contributed by atoms with Gasteiger partial charge in [0.1, 0.15) is 5.69 Å². The summed E-state index contributed by atoms with van der Waals surface area (Å²) in [5.74, 6) is -1.91. The summed E-state index contributed by atoms with van der Waals surface area (Å²) in [5.41, 5.74) is 3.47.